The third-order valence-corrected chi connectivity index (χ3v) is 2.50. The van der Waals surface area contributed by atoms with Crippen molar-refractivity contribution in [1.82, 2.24) is 14.8 Å². The molecule has 0 unspecified atom stereocenters. The molecular weight excluding hydrogens is 286 g/mol. The molecule has 68 valence electrons. The van der Waals surface area contributed by atoms with E-state index < -0.39 is 0 Å². The third-order valence-electron chi connectivity index (χ3n) is 1.57. The Morgan fingerprint density at radius 2 is 2.08 bits per heavy atom. The van der Waals surface area contributed by atoms with E-state index in [9.17, 15) is 0 Å². The number of hydrogen-bond donors (Lipinski definition) is 0. The highest BCUT2D eigenvalue weighted by Crippen LogP contribution is 2.12. The highest BCUT2D eigenvalue weighted by Gasteiger charge is 2.03. The second kappa shape index (κ2) is 4.97. The average Bonchev–Trinajstić information content (AvgIpc) is 2.31. The molecule has 0 aromatic carbocycles. The molecule has 0 aliphatic rings. The number of unbranched alkanes of at least 4 members (excludes halogenated alkanes) is 2. The SMILES string of the molecule is CCCCCn1nc(Br)nc1Br. The van der Waals surface area contributed by atoms with Crippen molar-refractivity contribution in [2.24, 2.45) is 0 Å². The van der Waals surface area contributed by atoms with Gasteiger partial charge in [-0.25, -0.2) is 4.68 Å². The van der Waals surface area contributed by atoms with Gasteiger partial charge in [0.1, 0.15) is 0 Å². The van der Waals surface area contributed by atoms with Crippen LogP contribution in [0.15, 0.2) is 9.47 Å². The quantitative estimate of drug-likeness (QED) is 0.800. The molecule has 5 heteroatoms. The molecule has 0 radical (unpaired) electrons. The maximum atomic E-state index is 4.16. The topological polar surface area (TPSA) is 30.7 Å². The van der Waals surface area contributed by atoms with Crippen LogP contribution in [-0.4, -0.2) is 14.8 Å². The first-order valence-electron chi connectivity index (χ1n) is 4.00. The van der Waals surface area contributed by atoms with E-state index in [2.05, 4.69) is 48.9 Å². The van der Waals surface area contributed by atoms with E-state index in [4.69, 9.17) is 0 Å². The minimum absolute atomic E-state index is 0.644. The summed E-state index contributed by atoms with van der Waals surface area (Å²) in [6, 6.07) is 0. The van der Waals surface area contributed by atoms with Crippen LogP contribution in [0, 0.1) is 0 Å². The second-order valence-electron chi connectivity index (χ2n) is 2.58. The van der Waals surface area contributed by atoms with Gasteiger partial charge in [0.25, 0.3) is 0 Å². The summed E-state index contributed by atoms with van der Waals surface area (Å²) in [4.78, 5) is 4.07. The van der Waals surface area contributed by atoms with Crippen molar-refractivity contribution in [2.45, 2.75) is 32.7 Å². The molecule has 0 saturated heterocycles. The minimum atomic E-state index is 0.644. The summed E-state index contributed by atoms with van der Waals surface area (Å²) in [7, 11) is 0. The Morgan fingerprint density at radius 3 is 2.58 bits per heavy atom. The molecule has 0 aliphatic carbocycles. The van der Waals surface area contributed by atoms with Crippen LogP contribution in [0.25, 0.3) is 0 Å². The molecular formula is C7H11Br2N3. The average molecular weight is 297 g/mol. The molecule has 0 atom stereocenters. The first-order chi connectivity index (χ1) is 5.74. The minimum Gasteiger partial charge on any atom is -0.239 e. The smallest absolute Gasteiger partial charge is 0.218 e. The number of rotatable bonds is 4. The Morgan fingerprint density at radius 1 is 1.33 bits per heavy atom. The van der Waals surface area contributed by atoms with E-state index in [0.29, 0.717) is 4.73 Å². The maximum Gasteiger partial charge on any atom is 0.218 e. The Kier molecular flexibility index (Phi) is 4.21. The number of halogens is 2. The van der Waals surface area contributed by atoms with Crippen LogP contribution in [0.2, 0.25) is 0 Å². The summed E-state index contributed by atoms with van der Waals surface area (Å²) in [5.41, 5.74) is 0. The van der Waals surface area contributed by atoms with Crippen LogP contribution in [-0.2, 0) is 6.54 Å². The standard InChI is InChI=1S/C7H11Br2N3/c1-2-3-4-5-12-7(9)10-6(8)11-12/h2-5H2,1H3. The van der Waals surface area contributed by atoms with Crippen LogP contribution >= 0.6 is 31.9 Å². The summed E-state index contributed by atoms with van der Waals surface area (Å²) in [5.74, 6) is 0. The van der Waals surface area contributed by atoms with E-state index in [1.165, 1.54) is 12.8 Å². The van der Waals surface area contributed by atoms with Gasteiger partial charge in [-0.2, -0.15) is 4.98 Å². The maximum absolute atomic E-state index is 4.16. The fourth-order valence-electron chi connectivity index (χ4n) is 0.951. The van der Waals surface area contributed by atoms with Crippen molar-refractivity contribution in [3.8, 4) is 0 Å². The summed E-state index contributed by atoms with van der Waals surface area (Å²) >= 11 is 6.55. The van der Waals surface area contributed by atoms with E-state index in [-0.39, 0.29) is 0 Å². The van der Waals surface area contributed by atoms with Gasteiger partial charge in [0.15, 0.2) is 4.73 Å². The highest BCUT2D eigenvalue weighted by molar-refractivity contribution is 9.11. The van der Waals surface area contributed by atoms with E-state index in [0.717, 1.165) is 17.7 Å². The van der Waals surface area contributed by atoms with Crippen LogP contribution in [0.1, 0.15) is 26.2 Å². The van der Waals surface area contributed by atoms with Gasteiger partial charge in [0.2, 0.25) is 4.73 Å². The predicted octanol–water partition coefficient (Wildman–Crippen LogP) is 2.99. The summed E-state index contributed by atoms with van der Waals surface area (Å²) in [6.45, 7) is 3.12. The lowest BCUT2D eigenvalue weighted by molar-refractivity contribution is 0.541. The fourth-order valence-corrected chi connectivity index (χ4v) is 1.97. The molecule has 0 saturated carbocycles. The summed E-state index contributed by atoms with van der Waals surface area (Å²) < 4.78 is 3.30. The molecule has 12 heavy (non-hydrogen) atoms. The Labute approximate surface area is 88.8 Å². The van der Waals surface area contributed by atoms with Crippen LogP contribution < -0.4 is 0 Å². The number of aromatic nitrogens is 3. The summed E-state index contributed by atoms with van der Waals surface area (Å²) in [5, 5.41) is 4.16. The number of hydrogen-bond acceptors (Lipinski definition) is 2. The largest absolute Gasteiger partial charge is 0.239 e. The first-order valence-corrected chi connectivity index (χ1v) is 5.58. The lowest BCUT2D eigenvalue weighted by atomic mass is 10.2. The van der Waals surface area contributed by atoms with Gasteiger partial charge in [-0.1, -0.05) is 19.8 Å². The zero-order valence-electron chi connectivity index (χ0n) is 6.93. The van der Waals surface area contributed by atoms with Gasteiger partial charge in [0, 0.05) is 6.54 Å². The van der Waals surface area contributed by atoms with E-state index in [1.807, 2.05) is 4.68 Å². The molecule has 1 aromatic heterocycles. The number of aryl methyl sites for hydroxylation is 1. The monoisotopic (exact) mass is 295 g/mol. The molecule has 1 heterocycles. The zero-order chi connectivity index (χ0) is 8.97. The van der Waals surface area contributed by atoms with Gasteiger partial charge in [-0.05, 0) is 38.3 Å². The van der Waals surface area contributed by atoms with Crippen molar-refractivity contribution in [2.75, 3.05) is 0 Å². The Hall–Kier alpha value is 0.1000. The lowest BCUT2D eigenvalue weighted by Crippen LogP contribution is -2.00. The van der Waals surface area contributed by atoms with Crippen LogP contribution in [0.5, 0.6) is 0 Å². The molecule has 0 amide bonds. The normalized spacial score (nSPS) is 10.6. The summed E-state index contributed by atoms with van der Waals surface area (Å²) in [6.07, 6.45) is 3.63. The van der Waals surface area contributed by atoms with Crippen molar-refractivity contribution in [3.63, 3.8) is 0 Å². The molecule has 0 aliphatic heterocycles. The number of nitrogens with zero attached hydrogens (tertiary/aromatic N) is 3. The van der Waals surface area contributed by atoms with Crippen LogP contribution in [0.3, 0.4) is 0 Å². The van der Waals surface area contributed by atoms with Crippen molar-refractivity contribution < 1.29 is 0 Å². The Balaban J connectivity index is 2.45. The highest BCUT2D eigenvalue weighted by atomic mass is 79.9. The van der Waals surface area contributed by atoms with E-state index >= 15 is 0 Å². The molecule has 1 aromatic rings. The molecule has 1 rings (SSSR count). The van der Waals surface area contributed by atoms with Gasteiger partial charge in [0.05, 0.1) is 0 Å². The van der Waals surface area contributed by atoms with Gasteiger partial charge in [-0.15, -0.1) is 5.10 Å². The molecule has 0 bridgehead atoms. The zero-order valence-corrected chi connectivity index (χ0v) is 10.1. The second-order valence-corrected chi connectivity index (χ2v) is 4.00. The Bertz CT molecular complexity index is 247. The predicted molar refractivity (Wildman–Crippen MR) is 54.9 cm³/mol. The van der Waals surface area contributed by atoms with Crippen molar-refractivity contribution in [3.05, 3.63) is 9.47 Å². The van der Waals surface area contributed by atoms with Crippen molar-refractivity contribution >= 4 is 31.9 Å². The molecule has 0 spiro atoms. The van der Waals surface area contributed by atoms with Gasteiger partial charge >= 0.3 is 0 Å². The molecule has 0 N–H and O–H groups in total. The van der Waals surface area contributed by atoms with Crippen LogP contribution in [0.4, 0.5) is 0 Å². The lowest BCUT2D eigenvalue weighted by Gasteiger charge is -1.99. The fraction of sp³-hybridized carbons (Fsp3) is 0.714. The third kappa shape index (κ3) is 2.86. The van der Waals surface area contributed by atoms with Gasteiger partial charge in [-0.3, -0.25) is 0 Å². The molecule has 3 nitrogen and oxygen atoms in total. The van der Waals surface area contributed by atoms with E-state index in [1.54, 1.807) is 0 Å². The van der Waals surface area contributed by atoms with Gasteiger partial charge < -0.3 is 0 Å². The van der Waals surface area contributed by atoms with Crippen molar-refractivity contribution in [1.29, 1.82) is 0 Å². The molecule has 0 fully saturated rings. The first kappa shape index (κ1) is 10.2.